The first-order valence-corrected chi connectivity index (χ1v) is 6.95. The van der Waals surface area contributed by atoms with Crippen molar-refractivity contribution in [1.82, 2.24) is 4.90 Å². The summed E-state index contributed by atoms with van der Waals surface area (Å²) in [6.45, 7) is 0.915. The van der Waals surface area contributed by atoms with Crippen molar-refractivity contribution in [1.29, 1.82) is 0 Å². The standard InChI is InChI=1S/C14H16ClF3N2O2/c1-9-10(15)4-3-5-11(9)19-12(21)6-20-7-13(8-20,22-2)14(16,17)18/h3-5H,6-8H2,1-2H3,(H,19,21). The number of hydrogen-bond donors (Lipinski definition) is 1. The molecule has 1 saturated heterocycles. The summed E-state index contributed by atoms with van der Waals surface area (Å²) in [6.07, 6.45) is -4.45. The molecule has 0 unspecified atom stereocenters. The number of hydrogen-bond acceptors (Lipinski definition) is 3. The Morgan fingerprint density at radius 2 is 2.09 bits per heavy atom. The van der Waals surface area contributed by atoms with Gasteiger partial charge in [0.1, 0.15) is 0 Å². The number of nitrogens with one attached hydrogen (secondary N) is 1. The van der Waals surface area contributed by atoms with Crippen LogP contribution in [0.3, 0.4) is 0 Å². The minimum atomic E-state index is -4.45. The molecule has 8 heteroatoms. The first-order chi connectivity index (χ1) is 10.2. The first-order valence-electron chi connectivity index (χ1n) is 6.58. The van der Waals surface area contributed by atoms with E-state index in [1.807, 2.05) is 0 Å². The maximum absolute atomic E-state index is 12.8. The SMILES string of the molecule is COC1(C(F)(F)F)CN(CC(=O)Nc2cccc(Cl)c2C)C1. The van der Waals surface area contributed by atoms with Gasteiger partial charge in [-0.2, -0.15) is 13.2 Å². The number of nitrogens with zero attached hydrogens (tertiary/aromatic N) is 1. The predicted octanol–water partition coefficient (Wildman–Crippen LogP) is 2.85. The number of benzene rings is 1. The summed E-state index contributed by atoms with van der Waals surface area (Å²) in [4.78, 5) is 13.3. The third-order valence-corrected chi connectivity index (χ3v) is 4.18. The van der Waals surface area contributed by atoms with Gasteiger partial charge in [0, 0.05) is 30.9 Å². The molecule has 0 bridgehead atoms. The molecule has 1 heterocycles. The van der Waals surface area contributed by atoms with E-state index in [1.165, 1.54) is 4.90 Å². The van der Waals surface area contributed by atoms with Gasteiger partial charge in [-0.25, -0.2) is 0 Å². The van der Waals surface area contributed by atoms with Crippen molar-refractivity contribution in [2.45, 2.75) is 18.7 Å². The van der Waals surface area contributed by atoms with Gasteiger partial charge in [-0.1, -0.05) is 17.7 Å². The number of carbonyl (C=O) groups is 1. The molecular formula is C14H16ClF3N2O2. The Balaban J connectivity index is 1.91. The van der Waals surface area contributed by atoms with Crippen molar-refractivity contribution in [3.8, 4) is 0 Å². The highest BCUT2D eigenvalue weighted by molar-refractivity contribution is 6.31. The van der Waals surface area contributed by atoms with E-state index in [0.717, 1.165) is 7.11 Å². The first kappa shape index (κ1) is 17.1. The van der Waals surface area contributed by atoms with Crippen LogP contribution < -0.4 is 5.32 Å². The fourth-order valence-corrected chi connectivity index (χ4v) is 2.52. The van der Waals surface area contributed by atoms with Crippen LogP contribution in [0.25, 0.3) is 0 Å². The van der Waals surface area contributed by atoms with Crippen molar-refractivity contribution >= 4 is 23.2 Å². The second-order valence-electron chi connectivity index (χ2n) is 5.30. The molecule has 0 aromatic heterocycles. The number of likely N-dealkylation sites (tertiary alicyclic amines) is 1. The lowest BCUT2D eigenvalue weighted by Crippen LogP contribution is -2.70. The average Bonchev–Trinajstić information content (AvgIpc) is 2.37. The molecule has 1 aliphatic heterocycles. The topological polar surface area (TPSA) is 41.6 Å². The van der Waals surface area contributed by atoms with E-state index < -0.39 is 17.7 Å². The maximum atomic E-state index is 12.8. The van der Waals surface area contributed by atoms with Gasteiger partial charge in [0.05, 0.1) is 6.54 Å². The highest BCUT2D eigenvalue weighted by Gasteiger charge is 2.62. The molecular weight excluding hydrogens is 321 g/mol. The fraction of sp³-hybridized carbons (Fsp3) is 0.500. The highest BCUT2D eigenvalue weighted by atomic mass is 35.5. The van der Waals surface area contributed by atoms with Gasteiger partial charge in [0.2, 0.25) is 5.91 Å². The molecule has 0 spiro atoms. The second-order valence-corrected chi connectivity index (χ2v) is 5.71. The average molecular weight is 337 g/mol. The van der Waals surface area contributed by atoms with Crippen LogP contribution in [0.4, 0.5) is 18.9 Å². The Kier molecular flexibility index (Phi) is 4.70. The van der Waals surface area contributed by atoms with E-state index in [2.05, 4.69) is 10.1 Å². The number of rotatable bonds is 4. The molecule has 1 fully saturated rings. The molecule has 0 saturated carbocycles. The molecule has 1 aliphatic rings. The van der Waals surface area contributed by atoms with Gasteiger partial charge in [0.15, 0.2) is 5.60 Å². The van der Waals surface area contributed by atoms with E-state index in [-0.39, 0.29) is 19.6 Å². The van der Waals surface area contributed by atoms with E-state index in [4.69, 9.17) is 11.6 Å². The minimum Gasteiger partial charge on any atom is -0.366 e. The summed E-state index contributed by atoms with van der Waals surface area (Å²) in [6, 6.07) is 5.07. The van der Waals surface area contributed by atoms with Crippen LogP contribution in [-0.4, -0.2) is 49.3 Å². The third kappa shape index (κ3) is 3.21. The van der Waals surface area contributed by atoms with E-state index in [9.17, 15) is 18.0 Å². The number of ether oxygens (including phenoxy) is 1. The van der Waals surface area contributed by atoms with Crippen molar-refractivity contribution in [3.63, 3.8) is 0 Å². The van der Waals surface area contributed by atoms with E-state index >= 15 is 0 Å². The number of halogens is 4. The Morgan fingerprint density at radius 1 is 1.45 bits per heavy atom. The fourth-order valence-electron chi connectivity index (χ4n) is 2.35. The van der Waals surface area contributed by atoms with Crippen molar-refractivity contribution in [2.24, 2.45) is 0 Å². The molecule has 1 aromatic rings. The molecule has 1 aromatic carbocycles. The van der Waals surface area contributed by atoms with Crippen molar-refractivity contribution in [3.05, 3.63) is 28.8 Å². The van der Waals surface area contributed by atoms with Crippen LogP contribution in [0.2, 0.25) is 5.02 Å². The van der Waals surface area contributed by atoms with Crippen molar-refractivity contribution in [2.75, 3.05) is 32.1 Å². The van der Waals surface area contributed by atoms with Gasteiger partial charge >= 0.3 is 6.18 Å². The van der Waals surface area contributed by atoms with E-state index in [1.54, 1.807) is 25.1 Å². The number of carbonyl (C=O) groups excluding carboxylic acids is 1. The lowest BCUT2D eigenvalue weighted by Gasteiger charge is -2.49. The Labute approximate surface area is 131 Å². The zero-order valence-corrected chi connectivity index (χ0v) is 12.9. The lowest BCUT2D eigenvalue weighted by molar-refractivity contribution is -0.309. The molecule has 0 radical (unpaired) electrons. The Hall–Kier alpha value is -1.31. The molecule has 2 rings (SSSR count). The number of methoxy groups -OCH3 is 1. The van der Waals surface area contributed by atoms with Gasteiger partial charge in [-0.15, -0.1) is 0 Å². The lowest BCUT2D eigenvalue weighted by atomic mass is 9.93. The van der Waals surface area contributed by atoms with Crippen LogP contribution >= 0.6 is 11.6 Å². The zero-order valence-electron chi connectivity index (χ0n) is 12.1. The summed E-state index contributed by atoms with van der Waals surface area (Å²) in [5, 5.41) is 3.16. The molecule has 22 heavy (non-hydrogen) atoms. The van der Waals surface area contributed by atoms with E-state index in [0.29, 0.717) is 16.3 Å². The van der Waals surface area contributed by atoms with Gasteiger partial charge < -0.3 is 10.1 Å². The zero-order chi connectivity index (χ0) is 16.5. The van der Waals surface area contributed by atoms with Crippen LogP contribution in [0, 0.1) is 6.92 Å². The Morgan fingerprint density at radius 3 is 2.64 bits per heavy atom. The number of alkyl halides is 3. The maximum Gasteiger partial charge on any atom is 0.419 e. The summed E-state index contributed by atoms with van der Waals surface area (Å²) in [7, 11) is 1.03. The Bertz CT molecular complexity index is 572. The molecule has 0 aliphatic carbocycles. The molecule has 1 amide bonds. The van der Waals surface area contributed by atoms with Crippen molar-refractivity contribution < 1.29 is 22.7 Å². The quantitative estimate of drug-likeness (QED) is 0.919. The summed E-state index contributed by atoms with van der Waals surface area (Å²) in [5.41, 5.74) is -0.909. The smallest absolute Gasteiger partial charge is 0.366 e. The molecule has 0 atom stereocenters. The summed E-state index contributed by atoms with van der Waals surface area (Å²) in [5.74, 6) is -0.391. The van der Waals surface area contributed by atoms with Crippen LogP contribution in [0.15, 0.2) is 18.2 Å². The van der Waals surface area contributed by atoms with Gasteiger partial charge in [-0.05, 0) is 24.6 Å². The van der Waals surface area contributed by atoms with Crippen LogP contribution in [0.5, 0.6) is 0 Å². The number of anilines is 1. The second kappa shape index (κ2) is 6.06. The van der Waals surface area contributed by atoms with Crippen LogP contribution in [0.1, 0.15) is 5.56 Å². The minimum absolute atomic E-state index is 0.132. The normalized spacial score (nSPS) is 17.9. The number of amides is 1. The summed E-state index contributed by atoms with van der Waals surface area (Å²) < 4.78 is 43.1. The largest absolute Gasteiger partial charge is 0.419 e. The molecule has 1 N–H and O–H groups in total. The van der Waals surface area contributed by atoms with Gasteiger partial charge in [-0.3, -0.25) is 9.69 Å². The third-order valence-electron chi connectivity index (χ3n) is 3.77. The van der Waals surface area contributed by atoms with Crippen LogP contribution in [-0.2, 0) is 9.53 Å². The predicted molar refractivity (Wildman–Crippen MR) is 77.1 cm³/mol. The monoisotopic (exact) mass is 336 g/mol. The molecule has 4 nitrogen and oxygen atoms in total. The van der Waals surface area contributed by atoms with Gasteiger partial charge in [0.25, 0.3) is 0 Å². The summed E-state index contributed by atoms with van der Waals surface area (Å²) >= 11 is 5.94. The highest BCUT2D eigenvalue weighted by Crippen LogP contribution is 2.40. The molecule has 122 valence electrons.